The lowest BCUT2D eigenvalue weighted by Gasteiger charge is -2.19. The second kappa shape index (κ2) is 7.10. The van der Waals surface area contributed by atoms with Crippen LogP contribution in [0.2, 0.25) is 0 Å². The minimum atomic E-state index is -4.27. The fourth-order valence-corrected chi connectivity index (χ4v) is 3.02. The molecule has 9 heteroatoms. The number of carbonyl (C=O) groups is 1. The van der Waals surface area contributed by atoms with Gasteiger partial charge in [-0.3, -0.25) is 5.32 Å². The van der Waals surface area contributed by atoms with E-state index in [0.29, 0.717) is 0 Å². The van der Waals surface area contributed by atoms with Crippen LogP contribution in [0.5, 0.6) is 0 Å². The SMILES string of the molecule is CS/C(=N\S(=O)(=O)c1ccccc1F)NC(=O)OC(C)(C)C. The molecule has 1 rings (SSSR count). The molecule has 0 unspecified atom stereocenters. The van der Waals surface area contributed by atoms with Crippen molar-refractivity contribution in [1.29, 1.82) is 0 Å². The first-order valence-corrected chi connectivity index (χ1v) is 8.85. The molecule has 0 aromatic heterocycles. The van der Waals surface area contributed by atoms with Gasteiger partial charge in [-0.25, -0.2) is 9.18 Å². The molecule has 0 atom stereocenters. The second-order valence-corrected chi connectivity index (χ2v) is 7.50. The summed E-state index contributed by atoms with van der Waals surface area (Å²) < 4.78 is 46.1. The Morgan fingerprint density at radius 3 is 2.41 bits per heavy atom. The summed E-state index contributed by atoms with van der Waals surface area (Å²) in [5.41, 5.74) is -0.738. The maximum Gasteiger partial charge on any atom is 0.413 e. The highest BCUT2D eigenvalue weighted by Gasteiger charge is 2.21. The molecular weight excluding hydrogens is 331 g/mol. The Kier molecular flexibility index (Phi) is 5.95. The zero-order chi connectivity index (χ0) is 17.0. The first-order chi connectivity index (χ1) is 10.0. The normalized spacial score (nSPS) is 12.9. The van der Waals surface area contributed by atoms with Crippen LogP contribution >= 0.6 is 11.8 Å². The molecule has 0 aliphatic rings. The van der Waals surface area contributed by atoms with Gasteiger partial charge < -0.3 is 4.74 Å². The van der Waals surface area contributed by atoms with Crippen molar-refractivity contribution in [3.8, 4) is 0 Å². The molecule has 1 aromatic rings. The number of hydrogen-bond donors (Lipinski definition) is 1. The Hall–Kier alpha value is -1.61. The van der Waals surface area contributed by atoms with E-state index in [-0.39, 0.29) is 5.17 Å². The average Bonchev–Trinajstić information content (AvgIpc) is 2.35. The Morgan fingerprint density at radius 1 is 1.32 bits per heavy atom. The number of ether oxygens (including phenoxy) is 1. The fourth-order valence-electron chi connectivity index (χ4n) is 1.31. The van der Waals surface area contributed by atoms with Crippen LogP contribution in [0.1, 0.15) is 20.8 Å². The monoisotopic (exact) mass is 348 g/mol. The number of carbonyl (C=O) groups excluding carboxylic acids is 1. The Balaban J connectivity index is 3.02. The number of sulfonamides is 1. The molecule has 1 amide bonds. The van der Waals surface area contributed by atoms with Crippen LogP contribution in [0, 0.1) is 5.82 Å². The number of hydrogen-bond acceptors (Lipinski definition) is 5. The second-order valence-electron chi connectivity index (χ2n) is 5.13. The summed E-state index contributed by atoms with van der Waals surface area (Å²) >= 11 is 0.888. The molecule has 22 heavy (non-hydrogen) atoms. The summed E-state index contributed by atoms with van der Waals surface area (Å²) in [6.45, 7) is 5.00. The van der Waals surface area contributed by atoms with E-state index in [4.69, 9.17) is 4.74 Å². The van der Waals surface area contributed by atoms with E-state index in [9.17, 15) is 17.6 Å². The van der Waals surface area contributed by atoms with Gasteiger partial charge in [0.05, 0.1) is 0 Å². The lowest BCUT2D eigenvalue weighted by Crippen LogP contribution is -2.35. The Morgan fingerprint density at radius 2 is 1.91 bits per heavy atom. The molecule has 0 radical (unpaired) electrons. The number of halogens is 1. The Labute approximate surface area is 133 Å². The predicted octanol–water partition coefficient (Wildman–Crippen LogP) is 2.76. The summed E-state index contributed by atoms with van der Waals surface area (Å²) in [5, 5.41) is 2.01. The lowest BCUT2D eigenvalue weighted by atomic mass is 10.2. The van der Waals surface area contributed by atoms with Gasteiger partial charge in [0.25, 0.3) is 10.0 Å². The van der Waals surface area contributed by atoms with Crippen LogP contribution in [-0.4, -0.2) is 31.5 Å². The van der Waals surface area contributed by atoms with Gasteiger partial charge in [-0.05, 0) is 39.2 Å². The smallest absolute Gasteiger partial charge is 0.413 e. The largest absolute Gasteiger partial charge is 0.444 e. The topological polar surface area (TPSA) is 84.8 Å². The summed E-state index contributed by atoms with van der Waals surface area (Å²) in [6, 6.07) is 4.86. The number of amidine groups is 1. The molecule has 0 heterocycles. The van der Waals surface area contributed by atoms with Crippen molar-refractivity contribution in [3.63, 3.8) is 0 Å². The number of thioether (sulfide) groups is 1. The van der Waals surface area contributed by atoms with E-state index in [2.05, 4.69) is 9.71 Å². The van der Waals surface area contributed by atoms with E-state index in [1.165, 1.54) is 18.4 Å². The van der Waals surface area contributed by atoms with Crippen LogP contribution in [0.15, 0.2) is 33.6 Å². The van der Waals surface area contributed by atoms with Gasteiger partial charge in [0.2, 0.25) is 0 Å². The number of nitrogens with one attached hydrogen (secondary N) is 1. The predicted molar refractivity (Wildman–Crippen MR) is 83.9 cm³/mol. The molecule has 0 bridgehead atoms. The van der Waals surface area contributed by atoms with Crippen molar-refractivity contribution in [2.75, 3.05) is 6.26 Å². The molecule has 1 N–H and O–H groups in total. The van der Waals surface area contributed by atoms with Crippen molar-refractivity contribution in [1.82, 2.24) is 5.32 Å². The molecule has 122 valence electrons. The lowest BCUT2D eigenvalue weighted by molar-refractivity contribution is 0.0564. The first-order valence-electron chi connectivity index (χ1n) is 6.18. The van der Waals surface area contributed by atoms with Crippen molar-refractivity contribution in [2.45, 2.75) is 31.3 Å². The van der Waals surface area contributed by atoms with E-state index < -0.39 is 32.4 Å². The zero-order valence-electron chi connectivity index (χ0n) is 12.6. The first kappa shape index (κ1) is 18.4. The molecule has 1 aromatic carbocycles. The van der Waals surface area contributed by atoms with Gasteiger partial charge in [0.1, 0.15) is 16.3 Å². The fraction of sp³-hybridized carbons (Fsp3) is 0.385. The molecule has 0 aliphatic carbocycles. The maximum atomic E-state index is 13.6. The zero-order valence-corrected chi connectivity index (χ0v) is 14.2. The molecule has 0 aliphatic heterocycles. The van der Waals surface area contributed by atoms with E-state index in [1.807, 2.05) is 0 Å². The van der Waals surface area contributed by atoms with Gasteiger partial charge in [-0.1, -0.05) is 23.9 Å². The van der Waals surface area contributed by atoms with Gasteiger partial charge in [0.15, 0.2) is 5.17 Å². The number of nitrogens with zero attached hydrogens (tertiary/aromatic N) is 1. The highest BCUT2D eigenvalue weighted by atomic mass is 32.2. The maximum absolute atomic E-state index is 13.6. The van der Waals surface area contributed by atoms with Crippen LogP contribution < -0.4 is 5.32 Å². The van der Waals surface area contributed by atoms with Crippen molar-refractivity contribution >= 4 is 33.0 Å². The third kappa shape index (κ3) is 5.64. The number of rotatable bonds is 2. The molecule has 0 spiro atoms. The summed E-state index contributed by atoms with van der Waals surface area (Å²) in [4.78, 5) is 11.1. The molecule has 0 saturated carbocycles. The van der Waals surface area contributed by atoms with Crippen molar-refractivity contribution in [2.24, 2.45) is 4.40 Å². The third-order valence-electron chi connectivity index (χ3n) is 2.12. The van der Waals surface area contributed by atoms with E-state index in [1.54, 1.807) is 20.8 Å². The average molecular weight is 348 g/mol. The highest BCUT2D eigenvalue weighted by Crippen LogP contribution is 2.17. The van der Waals surface area contributed by atoms with Gasteiger partial charge in [-0.2, -0.15) is 8.42 Å². The summed E-state index contributed by atoms with van der Waals surface area (Å²) in [7, 11) is -4.27. The van der Waals surface area contributed by atoms with Crippen molar-refractivity contribution < 1.29 is 22.3 Å². The van der Waals surface area contributed by atoms with Gasteiger partial charge >= 0.3 is 6.09 Å². The molecule has 0 saturated heterocycles. The summed E-state index contributed by atoms with van der Waals surface area (Å²) in [6.07, 6.45) is 0.678. The minimum Gasteiger partial charge on any atom is -0.444 e. The number of amides is 1. The molecular formula is C13H17FN2O4S2. The van der Waals surface area contributed by atoms with E-state index in [0.717, 1.165) is 23.9 Å². The quantitative estimate of drug-likeness (QED) is 0.656. The number of alkyl carbamates (subject to hydrolysis) is 1. The van der Waals surface area contributed by atoms with Crippen LogP contribution in [0.25, 0.3) is 0 Å². The standard InChI is InChI=1S/C13H17FN2O4S2/c1-13(2,3)20-12(17)15-11(21-4)16-22(18,19)10-8-6-5-7-9(10)14/h5-8H,1-4H3,(H,15,16,17). The van der Waals surface area contributed by atoms with Crippen LogP contribution in [0.3, 0.4) is 0 Å². The molecule has 6 nitrogen and oxygen atoms in total. The van der Waals surface area contributed by atoms with Gasteiger partial charge in [-0.15, -0.1) is 4.40 Å². The van der Waals surface area contributed by atoms with Gasteiger partial charge in [0, 0.05) is 0 Å². The Bertz CT molecular complexity index is 682. The van der Waals surface area contributed by atoms with Crippen LogP contribution in [0.4, 0.5) is 9.18 Å². The van der Waals surface area contributed by atoms with Crippen LogP contribution in [-0.2, 0) is 14.8 Å². The van der Waals surface area contributed by atoms with E-state index >= 15 is 0 Å². The third-order valence-corrected chi connectivity index (χ3v) is 4.12. The number of benzene rings is 1. The molecule has 0 fully saturated rings. The van der Waals surface area contributed by atoms with Crippen molar-refractivity contribution in [3.05, 3.63) is 30.1 Å². The summed E-state index contributed by atoms with van der Waals surface area (Å²) in [5.74, 6) is -0.913. The minimum absolute atomic E-state index is 0.211. The highest BCUT2D eigenvalue weighted by molar-refractivity contribution is 8.13.